The number of benzene rings is 2. The van der Waals surface area contributed by atoms with Crippen LogP contribution in [0.4, 0.5) is 0 Å². The number of alkyl halides is 1. The molecular formula is C17H19BrO3. The van der Waals surface area contributed by atoms with Gasteiger partial charge in [0.15, 0.2) is 0 Å². The zero-order valence-corrected chi connectivity index (χ0v) is 14.0. The first kappa shape index (κ1) is 15.7. The molecule has 1 unspecified atom stereocenters. The van der Waals surface area contributed by atoms with Gasteiger partial charge in [-0.25, -0.2) is 0 Å². The summed E-state index contributed by atoms with van der Waals surface area (Å²) in [7, 11) is 4.99. The Morgan fingerprint density at radius 2 is 1.33 bits per heavy atom. The molecule has 2 rings (SSSR count). The van der Waals surface area contributed by atoms with Gasteiger partial charge in [0.2, 0.25) is 0 Å². The summed E-state index contributed by atoms with van der Waals surface area (Å²) in [4.78, 5) is 0.190. The van der Waals surface area contributed by atoms with E-state index in [9.17, 15) is 0 Å². The molecule has 21 heavy (non-hydrogen) atoms. The maximum absolute atomic E-state index is 5.31. The standard InChI is InChI=1S/C17H19BrO3/c1-19-14-6-4-12(5-7-14)8-17(18)13-9-15(20-2)11-16(10-13)21-3/h4-7,9-11,17H,8H2,1-3H3. The minimum Gasteiger partial charge on any atom is -0.497 e. The molecule has 0 aromatic heterocycles. The molecule has 4 heteroatoms. The van der Waals surface area contributed by atoms with Crippen molar-refractivity contribution in [1.29, 1.82) is 0 Å². The van der Waals surface area contributed by atoms with Gasteiger partial charge in [-0.1, -0.05) is 28.1 Å². The quantitative estimate of drug-likeness (QED) is 0.723. The van der Waals surface area contributed by atoms with Crippen LogP contribution in [0.15, 0.2) is 42.5 Å². The molecule has 0 saturated carbocycles. The van der Waals surface area contributed by atoms with Crippen molar-refractivity contribution in [3.8, 4) is 17.2 Å². The van der Waals surface area contributed by atoms with Gasteiger partial charge in [0.05, 0.1) is 21.3 Å². The second-order valence-corrected chi connectivity index (χ2v) is 5.77. The maximum atomic E-state index is 5.31. The van der Waals surface area contributed by atoms with Gasteiger partial charge in [-0.15, -0.1) is 0 Å². The number of ether oxygens (including phenoxy) is 3. The highest BCUT2D eigenvalue weighted by atomic mass is 79.9. The summed E-state index contributed by atoms with van der Waals surface area (Å²) >= 11 is 3.74. The Balaban J connectivity index is 2.16. The highest BCUT2D eigenvalue weighted by molar-refractivity contribution is 9.09. The SMILES string of the molecule is COc1ccc(CC(Br)c2cc(OC)cc(OC)c2)cc1. The summed E-state index contributed by atoms with van der Waals surface area (Å²) in [6.45, 7) is 0. The van der Waals surface area contributed by atoms with Crippen LogP contribution in [0.25, 0.3) is 0 Å². The summed E-state index contributed by atoms with van der Waals surface area (Å²) in [6, 6.07) is 14.0. The van der Waals surface area contributed by atoms with Crippen molar-refractivity contribution in [3.63, 3.8) is 0 Å². The average molecular weight is 351 g/mol. The van der Waals surface area contributed by atoms with Gasteiger partial charge in [-0.3, -0.25) is 0 Å². The molecule has 1 atom stereocenters. The smallest absolute Gasteiger partial charge is 0.122 e. The van der Waals surface area contributed by atoms with Crippen LogP contribution >= 0.6 is 15.9 Å². The van der Waals surface area contributed by atoms with Gasteiger partial charge in [0, 0.05) is 10.9 Å². The first-order valence-electron chi connectivity index (χ1n) is 6.66. The molecule has 2 aromatic carbocycles. The van der Waals surface area contributed by atoms with Crippen LogP contribution in [0.5, 0.6) is 17.2 Å². The molecule has 0 radical (unpaired) electrons. The van der Waals surface area contributed by atoms with Crippen molar-refractivity contribution in [2.24, 2.45) is 0 Å². The Morgan fingerprint density at radius 1 is 0.810 bits per heavy atom. The number of halogens is 1. The largest absolute Gasteiger partial charge is 0.497 e. The number of hydrogen-bond acceptors (Lipinski definition) is 3. The van der Waals surface area contributed by atoms with E-state index in [0.29, 0.717) is 0 Å². The van der Waals surface area contributed by atoms with Gasteiger partial charge < -0.3 is 14.2 Å². The zero-order valence-electron chi connectivity index (χ0n) is 12.4. The highest BCUT2D eigenvalue weighted by Crippen LogP contribution is 2.33. The molecule has 2 aromatic rings. The van der Waals surface area contributed by atoms with Crippen molar-refractivity contribution >= 4 is 15.9 Å². The molecule has 0 aliphatic carbocycles. The fraction of sp³-hybridized carbons (Fsp3) is 0.294. The predicted octanol–water partition coefficient (Wildman–Crippen LogP) is 4.39. The average Bonchev–Trinajstić information content (AvgIpc) is 2.54. The number of rotatable bonds is 6. The molecule has 0 N–H and O–H groups in total. The second kappa shape index (κ2) is 7.36. The summed E-state index contributed by atoms with van der Waals surface area (Å²) in [5.41, 5.74) is 2.36. The number of hydrogen-bond donors (Lipinski definition) is 0. The number of methoxy groups -OCH3 is 3. The molecule has 0 aliphatic heterocycles. The normalized spacial score (nSPS) is 11.8. The Hall–Kier alpha value is -1.68. The van der Waals surface area contributed by atoms with E-state index in [-0.39, 0.29) is 4.83 Å². The highest BCUT2D eigenvalue weighted by Gasteiger charge is 2.12. The fourth-order valence-corrected chi connectivity index (χ4v) is 2.73. The molecule has 3 nitrogen and oxygen atoms in total. The van der Waals surface area contributed by atoms with Crippen LogP contribution in [0.3, 0.4) is 0 Å². The van der Waals surface area contributed by atoms with Crippen LogP contribution in [0.2, 0.25) is 0 Å². The molecule has 0 fully saturated rings. The molecule has 112 valence electrons. The van der Waals surface area contributed by atoms with Crippen LogP contribution in [-0.4, -0.2) is 21.3 Å². The van der Waals surface area contributed by atoms with E-state index in [2.05, 4.69) is 28.1 Å². The van der Waals surface area contributed by atoms with E-state index >= 15 is 0 Å². The van der Waals surface area contributed by atoms with E-state index < -0.39 is 0 Å². The summed E-state index contributed by atoms with van der Waals surface area (Å²) in [6.07, 6.45) is 0.875. The molecule has 0 spiro atoms. The Morgan fingerprint density at radius 3 is 1.81 bits per heavy atom. The van der Waals surface area contributed by atoms with Crippen molar-refractivity contribution in [1.82, 2.24) is 0 Å². The first-order chi connectivity index (χ1) is 10.2. The lowest BCUT2D eigenvalue weighted by Gasteiger charge is -2.14. The molecular weight excluding hydrogens is 332 g/mol. The monoisotopic (exact) mass is 350 g/mol. The maximum Gasteiger partial charge on any atom is 0.122 e. The van der Waals surface area contributed by atoms with Gasteiger partial charge >= 0.3 is 0 Å². The first-order valence-corrected chi connectivity index (χ1v) is 7.57. The molecule has 0 bridgehead atoms. The second-order valence-electron chi connectivity index (χ2n) is 4.67. The Kier molecular flexibility index (Phi) is 5.51. The van der Waals surface area contributed by atoms with E-state index in [1.54, 1.807) is 21.3 Å². The predicted molar refractivity (Wildman–Crippen MR) is 87.9 cm³/mol. The minimum atomic E-state index is 0.190. The van der Waals surface area contributed by atoms with Gasteiger partial charge in [0.25, 0.3) is 0 Å². The van der Waals surface area contributed by atoms with E-state index in [0.717, 1.165) is 29.2 Å². The molecule has 0 saturated heterocycles. The van der Waals surface area contributed by atoms with E-state index in [1.807, 2.05) is 30.3 Å². The summed E-state index contributed by atoms with van der Waals surface area (Å²) in [5, 5.41) is 0. The van der Waals surface area contributed by atoms with Crippen LogP contribution in [0, 0.1) is 0 Å². The van der Waals surface area contributed by atoms with Crippen molar-refractivity contribution in [3.05, 3.63) is 53.6 Å². The topological polar surface area (TPSA) is 27.7 Å². The minimum absolute atomic E-state index is 0.190. The third kappa shape index (κ3) is 4.14. The lowest BCUT2D eigenvalue weighted by Crippen LogP contribution is -1.98. The Bertz CT molecular complexity index is 559. The molecule has 0 heterocycles. The summed E-state index contributed by atoms with van der Waals surface area (Å²) < 4.78 is 15.8. The Labute approximate surface area is 134 Å². The summed E-state index contributed by atoms with van der Waals surface area (Å²) in [5.74, 6) is 2.46. The third-order valence-electron chi connectivity index (χ3n) is 3.31. The lowest BCUT2D eigenvalue weighted by atomic mass is 10.0. The van der Waals surface area contributed by atoms with E-state index in [4.69, 9.17) is 14.2 Å². The van der Waals surface area contributed by atoms with E-state index in [1.165, 1.54) is 5.56 Å². The molecule has 0 amide bonds. The van der Waals surface area contributed by atoms with Gasteiger partial charge in [0.1, 0.15) is 17.2 Å². The van der Waals surface area contributed by atoms with Crippen LogP contribution in [0.1, 0.15) is 16.0 Å². The van der Waals surface area contributed by atoms with Crippen molar-refractivity contribution in [2.45, 2.75) is 11.2 Å². The van der Waals surface area contributed by atoms with Crippen molar-refractivity contribution < 1.29 is 14.2 Å². The third-order valence-corrected chi connectivity index (χ3v) is 4.16. The van der Waals surface area contributed by atoms with Crippen LogP contribution in [-0.2, 0) is 6.42 Å². The van der Waals surface area contributed by atoms with Crippen LogP contribution < -0.4 is 14.2 Å². The van der Waals surface area contributed by atoms with Crippen molar-refractivity contribution in [2.75, 3.05) is 21.3 Å². The fourth-order valence-electron chi connectivity index (χ4n) is 2.10. The lowest BCUT2D eigenvalue weighted by molar-refractivity contribution is 0.393. The van der Waals surface area contributed by atoms with Gasteiger partial charge in [-0.05, 0) is 41.8 Å². The zero-order chi connectivity index (χ0) is 15.2. The molecule has 0 aliphatic rings. The van der Waals surface area contributed by atoms with Gasteiger partial charge in [-0.2, -0.15) is 0 Å².